The summed E-state index contributed by atoms with van der Waals surface area (Å²) in [5.41, 5.74) is 1.60. The van der Waals surface area contributed by atoms with Crippen LogP contribution in [-0.4, -0.2) is 11.9 Å². The van der Waals surface area contributed by atoms with E-state index in [-0.39, 0.29) is 0 Å². The van der Waals surface area contributed by atoms with E-state index in [4.69, 9.17) is 4.74 Å². The Morgan fingerprint density at radius 1 is 1.25 bits per heavy atom. The van der Waals surface area contributed by atoms with Gasteiger partial charge < -0.3 is 4.74 Å². The van der Waals surface area contributed by atoms with Crippen molar-refractivity contribution in [2.45, 2.75) is 32.6 Å². The van der Waals surface area contributed by atoms with Gasteiger partial charge in [-0.2, -0.15) is 0 Å². The van der Waals surface area contributed by atoms with Crippen LogP contribution in [0.25, 0.3) is 0 Å². The first-order valence-electron chi connectivity index (χ1n) is 6.00. The molecule has 1 nitrogen and oxygen atoms in total. The van der Waals surface area contributed by atoms with Crippen molar-refractivity contribution in [3.8, 4) is 5.75 Å². The van der Waals surface area contributed by atoms with Crippen LogP contribution in [0.2, 0.25) is 0 Å². The molecule has 1 aliphatic carbocycles. The highest BCUT2D eigenvalue weighted by molar-refractivity contribution is 9.09. The zero-order chi connectivity index (χ0) is 11.4. The van der Waals surface area contributed by atoms with Gasteiger partial charge in [0.05, 0.1) is 6.61 Å². The van der Waals surface area contributed by atoms with Gasteiger partial charge in [-0.05, 0) is 31.4 Å². The molecule has 0 N–H and O–H groups in total. The van der Waals surface area contributed by atoms with Crippen molar-refractivity contribution in [3.63, 3.8) is 0 Å². The molecule has 1 aromatic rings. The summed E-state index contributed by atoms with van der Waals surface area (Å²) in [5, 5.41) is 1.06. The third-order valence-electron chi connectivity index (χ3n) is 3.58. The van der Waals surface area contributed by atoms with Crippen molar-refractivity contribution < 1.29 is 4.74 Å². The van der Waals surface area contributed by atoms with Crippen molar-refractivity contribution in [2.75, 3.05) is 11.9 Å². The maximum absolute atomic E-state index is 5.98. The quantitative estimate of drug-likeness (QED) is 0.747. The van der Waals surface area contributed by atoms with Crippen LogP contribution in [0.1, 0.15) is 31.2 Å². The van der Waals surface area contributed by atoms with Crippen LogP contribution in [0.4, 0.5) is 0 Å². The van der Waals surface area contributed by atoms with Gasteiger partial charge in [-0.3, -0.25) is 0 Å². The van der Waals surface area contributed by atoms with Crippen LogP contribution >= 0.6 is 15.9 Å². The van der Waals surface area contributed by atoms with E-state index < -0.39 is 0 Å². The van der Waals surface area contributed by atoms with Crippen LogP contribution in [0.5, 0.6) is 5.75 Å². The van der Waals surface area contributed by atoms with E-state index >= 15 is 0 Å². The second kappa shape index (κ2) is 5.22. The first kappa shape index (κ1) is 12.0. The molecule has 0 heterocycles. The second-order valence-corrected chi connectivity index (χ2v) is 5.46. The number of hydrogen-bond acceptors (Lipinski definition) is 1. The Bertz CT molecular complexity index is 342. The molecular weight excluding hydrogens is 264 g/mol. The van der Waals surface area contributed by atoms with Gasteiger partial charge in [-0.1, -0.05) is 47.0 Å². The smallest absolute Gasteiger partial charge is 0.122 e. The monoisotopic (exact) mass is 282 g/mol. The topological polar surface area (TPSA) is 9.23 Å². The van der Waals surface area contributed by atoms with Crippen molar-refractivity contribution in [3.05, 3.63) is 29.8 Å². The molecule has 0 amide bonds. The number of alkyl halides is 1. The van der Waals surface area contributed by atoms with Crippen molar-refractivity contribution in [1.29, 1.82) is 0 Å². The number of para-hydroxylation sites is 1. The van der Waals surface area contributed by atoms with Gasteiger partial charge >= 0.3 is 0 Å². The number of rotatable bonds is 4. The highest BCUT2D eigenvalue weighted by atomic mass is 79.9. The summed E-state index contributed by atoms with van der Waals surface area (Å²) >= 11 is 3.65. The average Bonchev–Trinajstić information content (AvgIpc) is 2.78. The van der Waals surface area contributed by atoms with E-state index in [0.29, 0.717) is 5.41 Å². The number of hydrogen-bond donors (Lipinski definition) is 0. The molecule has 2 heteroatoms. The summed E-state index contributed by atoms with van der Waals surface area (Å²) in [7, 11) is 0. The number of benzene rings is 1. The Labute approximate surface area is 106 Å². The summed E-state index contributed by atoms with van der Waals surface area (Å²) in [6, 6.07) is 8.26. The highest BCUT2D eigenvalue weighted by Crippen LogP contribution is 2.40. The van der Waals surface area contributed by atoms with Crippen molar-refractivity contribution >= 4 is 15.9 Å². The molecule has 2 rings (SSSR count). The molecule has 0 aliphatic heterocycles. The minimum atomic E-state index is 0.377. The first-order chi connectivity index (χ1) is 7.76. The minimum absolute atomic E-state index is 0.377. The molecule has 0 bridgehead atoms. The van der Waals surface area contributed by atoms with Crippen molar-refractivity contribution in [1.82, 2.24) is 0 Å². The molecular formula is C14H19BrO. The minimum Gasteiger partial charge on any atom is -0.493 e. The van der Waals surface area contributed by atoms with E-state index in [1.807, 2.05) is 6.07 Å². The summed E-state index contributed by atoms with van der Waals surface area (Å²) < 4.78 is 5.98. The Hall–Kier alpha value is -0.500. The second-order valence-electron chi connectivity index (χ2n) is 4.89. The summed E-state index contributed by atoms with van der Waals surface area (Å²) in [4.78, 5) is 0. The van der Waals surface area contributed by atoms with Gasteiger partial charge in [0.1, 0.15) is 5.75 Å². The fourth-order valence-electron chi connectivity index (χ4n) is 2.39. The summed E-state index contributed by atoms with van der Waals surface area (Å²) in [6.45, 7) is 2.95. The molecule has 1 aromatic carbocycles. The average molecular weight is 283 g/mol. The molecule has 1 saturated carbocycles. The summed E-state index contributed by atoms with van der Waals surface area (Å²) in [6.07, 6.45) is 5.29. The largest absolute Gasteiger partial charge is 0.493 e. The van der Waals surface area contributed by atoms with Gasteiger partial charge in [0.15, 0.2) is 0 Å². The van der Waals surface area contributed by atoms with Crippen LogP contribution in [0, 0.1) is 12.3 Å². The lowest BCUT2D eigenvalue weighted by Gasteiger charge is -2.26. The van der Waals surface area contributed by atoms with Gasteiger partial charge in [-0.15, -0.1) is 0 Å². The molecule has 1 aliphatic rings. The Balaban J connectivity index is 1.98. The number of aryl methyl sites for hydroxylation is 1. The Morgan fingerprint density at radius 3 is 2.56 bits per heavy atom. The number of ether oxygens (including phenoxy) is 1. The standard InChI is InChI=1S/C14H19BrO/c1-12-6-2-3-7-13(12)16-11-14(10-15)8-4-5-9-14/h2-3,6-7H,4-5,8-11H2,1H3. The van der Waals surface area contributed by atoms with Gasteiger partial charge in [0.2, 0.25) is 0 Å². The first-order valence-corrected chi connectivity index (χ1v) is 7.12. The molecule has 1 fully saturated rings. The molecule has 0 saturated heterocycles. The number of halogens is 1. The maximum atomic E-state index is 5.98. The van der Waals surface area contributed by atoms with Crippen LogP contribution in [-0.2, 0) is 0 Å². The fourth-order valence-corrected chi connectivity index (χ4v) is 3.11. The fraction of sp³-hybridized carbons (Fsp3) is 0.571. The van der Waals surface area contributed by atoms with Crippen LogP contribution in [0.3, 0.4) is 0 Å². The Morgan fingerprint density at radius 2 is 1.94 bits per heavy atom. The normalized spacial score (nSPS) is 18.6. The SMILES string of the molecule is Cc1ccccc1OCC1(CBr)CCCC1. The van der Waals surface area contributed by atoms with E-state index in [2.05, 4.69) is 41.1 Å². The van der Waals surface area contributed by atoms with Crippen LogP contribution in [0.15, 0.2) is 24.3 Å². The van der Waals surface area contributed by atoms with Crippen molar-refractivity contribution in [2.24, 2.45) is 5.41 Å². The predicted molar refractivity (Wildman–Crippen MR) is 71.4 cm³/mol. The molecule has 0 aromatic heterocycles. The van der Waals surface area contributed by atoms with E-state index in [1.165, 1.54) is 31.2 Å². The Kier molecular flexibility index (Phi) is 3.91. The molecule has 0 unspecified atom stereocenters. The lowest BCUT2D eigenvalue weighted by atomic mass is 9.90. The molecule has 0 radical (unpaired) electrons. The van der Waals surface area contributed by atoms with E-state index in [1.54, 1.807) is 0 Å². The van der Waals surface area contributed by atoms with Gasteiger partial charge in [-0.25, -0.2) is 0 Å². The van der Waals surface area contributed by atoms with Crippen LogP contribution < -0.4 is 4.74 Å². The third kappa shape index (κ3) is 2.60. The van der Waals surface area contributed by atoms with E-state index in [0.717, 1.165) is 17.7 Å². The maximum Gasteiger partial charge on any atom is 0.122 e. The molecule has 16 heavy (non-hydrogen) atoms. The van der Waals surface area contributed by atoms with Gasteiger partial charge in [0.25, 0.3) is 0 Å². The highest BCUT2D eigenvalue weighted by Gasteiger charge is 2.33. The third-order valence-corrected chi connectivity index (χ3v) is 4.76. The predicted octanol–water partition coefficient (Wildman–Crippen LogP) is 4.33. The van der Waals surface area contributed by atoms with E-state index in [9.17, 15) is 0 Å². The zero-order valence-electron chi connectivity index (χ0n) is 9.84. The zero-order valence-corrected chi connectivity index (χ0v) is 11.4. The summed E-state index contributed by atoms with van der Waals surface area (Å²) in [5.74, 6) is 1.04. The lowest BCUT2D eigenvalue weighted by molar-refractivity contribution is 0.173. The van der Waals surface area contributed by atoms with Gasteiger partial charge in [0, 0.05) is 10.7 Å². The molecule has 88 valence electrons. The molecule has 0 atom stereocenters. The lowest BCUT2D eigenvalue weighted by Crippen LogP contribution is -2.27. The molecule has 0 spiro atoms.